The molecule has 144 valence electrons. The van der Waals surface area contributed by atoms with E-state index < -0.39 is 0 Å². The highest BCUT2D eigenvalue weighted by Crippen LogP contribution is 2.23. The lowest BCUT2D eigenvalue weighted by molar-refractivity contribution is 0.306. The van der Waals surface area contributed by atoms with E-state index in [9.17, 15) is 0 Å². The minimum absolute atomic E-state index is 0.400. The van der Waals surface area contributed by atoms with Crippen LogP contribution in [0.1, 0.15) is 16.7 Å². The predicted molar refractivity (Wildman–Crippen MR) is 115 cm³/mol. The second-order valence-corrected chi connectivity index (χ2v) is 6.88. The van der Waals surface area contributed by atoms with Crippen molar-refractivity contribution in [2.75, 3.05) is 7.11 Å². The van der Waals surface area contributed by atoms with Gasteiger partial charge in [-0.25, -0.2) is 0 Å². The van der Waals surface area contributed by atoms with Crippen molar-refractivity contribution in [2.45, 2.75) is 13.2 Å². The normalized spacial score (nSPS) is 10.8. The Morgan fingerprint density at radius 3 is 2.57 bits per heavy atom. The molecule has 0 radical (unpaired) electrons. The number of hydrogen-bond donors (Lipinski definition) is 1. The zero-order valence-corrected chi connectivity index (χ0v) is 16.9. The molecular formula is C22H20Cl2N2O2. The molecule has 3 aromatic rings. The summed E-state index contributed by atoms with van der Waals surface area (Å²) in [5.41, 5.74) is 5.81. The Hall–Kier alpha value is -2.69. The SMILES string of the molecule is COc1ccccc1CN/N=C/c1cc(Cl)ccc1OCc1cccc(Cl)c1. The van der Waals surface area contributed by atoms with Crippen LogP contribution < -0.4 is 14.9 Å². The molecular weight excluding hydrogens is 395 g/mol. The van der Waals surface area contributed by atoms with E-state index in [1.807, 2.05) is 60.7 Å². The molecule has 0 aliphatic heterocycles. The number of halogens is 2. The Morgan fingerprint density at radius 2 is 1.75 bits per heavy atom. The minimum atomic E-state index is 0.400. The van der Waals surface area contributed by atoms with E-state index >= 15 is 0 Å². The van der Waals surface area contributed by atoms with Gasteiger partial charge in [-0.1, -0.05) is 53.5 Å². The number of nitrogens with one attached hydrogen (secondary N) is 1. The molecule has 3 rings (SSSR count). The van der Waals surface area contributed by atoms with Gasteiger partial charge in [0.25, 0.3) is 0 Å². The molecule has 0 amide bonds. The molecule has 0 atom stereocenters. The van der Waals surface area contributed by atoms with Gasteiger partial charge in [0.05, 0.1) is 19.9 Å². The van der Waals surface area contributed by atoms with Crippen LogP contribution in [-0.2, 0) is 13.2 Å². The Bertz CT molecular complexity index is 961. The highest BCUT2D eigenvalue weighted by atomic mass is 35.5. The number of rotatable bonds is 8. The van der Waals surface area contributed by atoms with E-state index in [4.69, 9.17) is 32.7 Å². The van der Waals surface area contributed by atoms with Gasteiger partial charge in [0, 0.05) is 21.2 Å². The van der Waals surface area contributed by atoms with Crippen LogP contribution in [0.2, 0.25) is 10.0 Å². The Kier molecular flexibility index (Phi) is 7.18. The third kappa shape index (κ3) is 5.65. The van der Waals surface area contributed by atoms with Crippen molar-refractivity contribution in [3.05, 3.63) is 93.5 Å². The fourth-order valence-corrected chi connectivity index (χ4v) is 3.03. The molecule has 0 spiro atoms. The highest BCUT2D eigenvalue weighted by molar-refractivity contribution is 6.31. The Morgan fingerprint density at radius 1 is 0.929 bits per heavy atom. The van der Waals surface area contributed by atoms with Gasteiger partial charge in [0.1, 0.15) is 18.1 Å². The summed E-state index contributed by atoms with van der Waals surface area (Å²) >= 11 is 12.2. The van der Waals surface area contributed by atoms with Gasteiger partial charge < -0.3 is 14.9 Å². The zero-order valence-electron chi connectivity index (χ0n) is 15.4. The number of hydrazone groups is 1. The molecule has 0 unspecified atom stereocenters. The van der Waals surface area contributed by atoms with Gasteiger partial charge in [-0.15, -0.1) is 0 Å². The van der Waals surface area contributed by atoms with Crippen molar-refractivity contribution >= 4 is 29.4 Å². The van der Waals surface area contributed by atoms with E-state index in [1.165, 1.54) is 0 Å². The number of methoxy groups -OCH3 is 1. The molecule has 6 heteroatoms. The number of hydrogen-bond acceptors (Lipinski definition) is 4. The average Bonchev–Trinajstić information content (AvgIpc) is 2.71. The van der Waals surface area contributed by atoms with E-state index in [1.54, 1.807) is 19.4 Å². The van der Waals surface area contributed by atoms with Crippen LogP contribution in [-0.4, -0.2) is 13.3 Å². The summed E-state index contributed by atoms with van der Waals surface area (Å²) in [4.78, 5) is 0. The molecule has 0 fully saturated rings. The smallest absolute Gasteiger partial charge is 0.128 e. The number of nitrogens with zero attached hydrogens (tertiary/aromatic N) is 1. The van der Waals surface area contributed by atoms with Crippen molar-refractivity contribution in [2.24, 2.45) is 5.10 Å². The van der Waals surface area contributed by atoms with Gasteiger partial charge >= 0.3 is 0 Å². The average molecular weight is 415 g/mol. The van der Waals surface area contributed by atoms with Crippen LogP contribution in [0, 0.1) is 0 Å². The summed E-state index contributed by atoms with van der Waals surface area (Å²) < 4.78 is 11.3. The fraction of sp³-hybridized carbons (Fsp3) is 0.136. The molecule has 3 aromatic carbocycles. The molecule has 1 N–H and O–H groups in total. The Labute approximate surface area is 174 Å². The van der Waals surface area contributed by atoms with Crippen LogP contribution in [0.25, 0.3) is 0 Å². The summed E-state index contributed by atoms with van der Waals surface area (Å²) in [5.74, 6) is 1.51. The molecule has 4 nitrogen and oxygen atoms in total. The van der Waals surface area contributed by atoms with Crippen molar-refractivity contribution in [3.63, 3.8) is 0 Å². The van der Waals surface area contributed by atoms with E-state index in [0.717, 1.165) is 22.4 Å². The van der Waals surface area contributed by atoms with Crippen LogP contribution in [0.5, 0.6) is 11.5 Å². The van der Waals surface area contributed by atoms with Gasteiger partial charge in [-0.05, 0) is 42.0 Å². The van der Waals surface area contributed by atoms with Crippen molar-refractivity contribution in [3.8, 4) is 11.5 Å². The van der Waals surface area contributed by atoms with Crippen molar-refractivity contribution in [1.29, 1.82) is 0 Å². The van der Waals surface area contributed by atoms with Crippen molar-refractivity contribution < 1.29 is 9.47 Å². The van der Waals surface area contributed by atoms with E-state index in [0.29, 0.717) is 28.9 Å². The van der Waals surface area contributed by atoms with Gasteiger partial charge in [-0.2, -0.15) is 5.10 Å². The molecule has 0 saturated heterocycles. The topological polar surface area (TPSA) is 42.8 Å². The van der Waals surface area contributed by atoms with Gasteiger partial charge in [-0.3, -0.25) is 0 Å². The molecule has 28 heavy (non-hydrogen) atoms. The summed E-state index contributed by atoms with van der Waals surface area (Å²) in [6, 6.07) is 20.8. The second-order valence-electron chi connectivity index (χ2n) is 6.01. The fourth-order valence-electron chi connectivity index (χ4n) is 2.63. The standard InChI is InChI=1S/C22H20Cl2N2O2/c1-27-21-8-3-2-6-17(21)13-25-26-14-18-12-20(24)9-10-22(18)28-15-16-5-4-7-19(23)11-16/h2-12,14,25H,13,15H2,1H3/b26-14+. The summed E-state index contributed by atoms with van der Waals surface area (Å²) in [5, 5.41) is 5.59. The zero-order chi connectivity index (χ0) is 19.8. The highest BCUT2D eigenvalue weighted by Gasteiger charge is 2.05. The summed E-state index contributed by atoms with van der Waals surface area (Å²) in [7, 11) is 1.65. The third-order valence-electron chi connectivity index (χ3n) is 4.01. The maximum Gasteiger partial charge on any atom is 0.128 e. The first-order valence-electron chi connectivity index (χ1n) is 8.70. The van der Waals surface area contributed by atoms with Crippen LogP contribution in [0.15, 0.2) is 71.8 Å². The van der Waals surface area contributed by atoms with Crippen molar-refractivity contribution in [1.82, 2.24) is 5.43 Å². The van der Waals surface area contributed by atoms with Crippen LogP contribution >= 0.6 is 23.2 Å². The minimum Gasteiger partial charge on any atom is -0.496 e. The predicted octanol–water partition coefficient (Wildman–Crippen LogP) is 5.70. The molecule has 0 aliphatic rings. The largest absolute Gasteiger partial charge is 0.496 e. The monoisotopic (exact) mass is 414 g/mol. The Balaban J connectivity index is 1.65. The lowest BCUT2D eigenvalue weighted by Crippen LogP contribution is -2.07. The van der Waals surface area contributed by atoms with Crippen LogP contribution in [0.3, 0.4) is 0 Å². The van der Waals surface area contributed by atoms with Gasteiger partial charge in [0.2, 0.25) is 0 Å². The lowest BCUT2D eigenvalue weighted by Gasteiger charge is -2.10. The van der Waals surface area contributed by atoms with Gasteiger partial charge in [0.15, 0.2) is 0 Å². The number of para-hydroxylation sites is 1. The molecule has 0 heterocycles. The maximum absolute atomic E-state index is 6.13. The molecule has 0 aromatic heterocycles. The second kappa shape index (κ2) is 10.0. The van der Waals surface area contributed by atoms with E-state index in [-0.39, 0.29) is 0 Å². The first kappa shape index (κ1) is 20.1. The number of ether oxygens (including phenoxy) is 2. The first-order valence-corrected chi connectivity index (χ1v) is 9.46. The molecule has 0 bridgehead atoms. The van der Waals surface area contributed by atoms with E-state index in [2.05, 4.69) is 10.5 Å². The number of benzene rings is 3. The third-order valence-corrected chi connectivity index (χ3v) is 4.48. The lowest BCUT2D eigenvalue weighted by atomic mass is 10.2. The summed E-state index contributed by atoms with van der Waals surface area (Å²) in [6.45, 7) is 0.942. The molecule has 0 saturated carbocycles. The molecule has 0 aliphatic carbocycles. The van der Waals surface area contributed by atoms with Crippen LogP contribution in [0.4, 0.5) is 0 Å². The maximum atomic E-state index is 6.13. The summed E-state index contributed by atoms with van der Waals surface area (Å²) in [6.07, 6.45) is 1.69. The quantitative estimate of drug-likeness (QED) is 0.379. The first-order chi connectivity index (χ1) is 13.7.